The number of alkyl halides is 2. The Bertz CT molecular complexity index is 824. The molecule has 0 radical (unpaired) electrons. The number of amides is 2. The Morgan fingerprint density at radius 1 is 1.23 bits per heavy atom. The van der Waals surface area contributed by atoms with Crippen LogP contribution in [0.5, 0.6) is 0 Å². The van der Waals surface area contributed by atoms with Crippen molar-refractivity contribution >= 4 is 17.5 Å². The van der Waals surface area contributed by atoms with Crippen LogP contribution in [0.3, 0.4) is 0 Å². The van der Waals surface area contributed by atoms with Crippen LogP contribution in [0.15, 0.2) is 4.99 Å². The number of carbonyl (C=O) groups is 2. The van der Waals surface area contributed by atoms with Crippen LogP contribution in [-0.2, 0) is 9.59 Å². The van der Waals surface area contributed by atoms with Crippen molar-refractivity contribution in [3.05, 3.63) is 0 Å². The number of halogens is 2. The Kier molecular flexibility index (Phi) is 8.09. The van der Waals surface area contributed by atoms with Crippen LogP contribution in [0.1, 0.15) is 46.0 Å². The van der Waals surface area contributed by atoms with E-state index in [1.54, 1.807) is 0 Å². The molecule has 2 amide bonds. The highest BCUT2D eigenvalue weighted by molar-refractivity contribution is 6.05. The van der Waals surface area contributed by atoms with Crippen LogP contribution in [0, 0.1) is 11.3 Å². The molecule has 9 nitrogen and oxygen atoms in total. The van der Waals surface area contributed by atoms with Crippen molar-refractivity contribution < 1.29 is 18.4 Å². The molecule has 3 fully saturated rings. The number of hydrogen-bond donors (Lipinski definition) is 4. The van der Waals surface area contributed by atoms with Gasteiger partial charge in [-0.3, -0.25) is 19.5 Å². The first kappa shape index (κ1) is 26.4. The number of fused-ring (bicyclic) bond motifs is 1. The predicted octanol–water partition coefficient (Wildman–Crippen LogP) is -0.0634. The second-order valence-corrected chi connectivity index (χ2v) is 11.4. The van der Waals surface area contributed by atoms with E-state index in [-0.39, 0.29) is 30.5 Å². The van der Waals surface area contributed by atoms with E-state index in [9.17, 15) is 14.0 Å². The highest BCUT2D eigenvalue weighted by Gasteiger charge is 2.45. The minimum atomic E-state index is -1.17. The molecular formula is C24H41F2N7O2. The Balaban J connectivity index is 1.50. The summed E-state index contributed by atoms with van der Waals surface area (Å²) < 4.78 is 29.5. The summed E-state index contributed by atoms with van der Waals surface area (Å²) in [6, 6.07) is -0.911. The maximum Gasteiger partial charge on any atom is 0.232 e. The molecule has 6 atom stereocenters. The monoisotopic (exact) mass is 497 g/mol. The summed E-state index contributed by atoms with van der Waals surface area (Å²) in [5.41, 5.74) is 12.4. The number of carbonyl (C=O) groups excluding carboxylic acids is 2. The molecule has 3 saturated heterocycles. The molecule has 4 aliphatic rings. The fourth-order valence-corrected chi connectivity index (χ4v) is 6.17. The van der Waals surface area contributed by atoms with E-state index in [0.29, 0.717) is 57.6 Å². The van der Waals surface area contributed by atoms with Gasteiger partial charge < -0.3 is 27.0 Å². The van der Waals surface area contributed by atoms with Crippen molar-refractivity contribution in [2.24, 2.45) is 27.8 Å². The van der Waals surface area contributed by atoms with E-state index in [1.165, 1.54) is 0 Å². The van der Waals surface area contributed by atoms with Crippen molar-refractivity contribution in [2.75, 3.05) is 39.3 Å². The molecule has 4 rings (SSSR count). The number of aliphatic imine (C=N–C) groups is 1. The molecule has 0 aromatic carbocycles. The average Bonchev–Trinajstić information content (AvgIpc) is 3.15. The van der Waals surface area contributed by atoms with Crippen LogP contribution >= 0.6 is 0 Å². The van der Waals surface area contributed by atoms with Gasteiger partial charge in [-0.05, 0) is 31.1 Å². The fraction of sp³-hybridized carbons (Fsp3) is 0.875. The highest BCUT2D eigenvalue weighted by atomic mass is 19.1. The minimum Gasteiger partial charge on any atom is -0.350 e. The van der Waals surface area contributed by atoms with Gasteiger partial charge in [0.2, 0.25) is 11.8 Å². The van der Waals surface area contributed by atoms with Gasteiger partial charge in [-0.2, -0.15) is 0 Å². The number of nitrogens with two attached hydrogens (primary N) is 2. The predicted molar refractivity (Wildman–Crippen MR) is 130 cm³/mol. The van der Waals surface area contributed by atoms with E-state index in [2.05, 4.69) is 20.5 Å². The zero-order chi connectivity index (χ0) is 25.3. The zero-order valence-electron chi connectivity index (χ0n) is 20.9. The normalized spacial score (nSPS) is 35.2. The fourth-order valence-electron chi connectivity index (χ4n) is 6.17. The second kappa shape index (κ2) is 10.7. The standard InChI is InChI=1S/C24H41F2N7O2/c1-24(2)6-5-14(25)10-30-17(9-24)20(22(27)28)23(35)31-18-12-29-11-16(26)21(18)32-7-8-33-15(13-32)3-4-19(33)34/h14-16,18,20-22,29H,3-13,27-28H2,1-2H3,(H,31,35)/t14?,15-,16?,18?,20?,21?/m1/s1. The lowest BCUT2D eigenvalue weighted by Gasteiger charge is -2.47. The number of nitrogens with one attached hydrogen (secondary N) is 2. The van der Waals surface area contributed by atoms with Gasteiger partial charge in [0.1, 0.15) is 18.3 Å². The summed E-state index contributed by atoms with van der Waals surface area (Å²) in [6.45, 7) is 6.41. The van der Waals surface area contributed by atoms with Crippen molar-refractivity contribution in [1.82, 2.24) is 20.4 Å². The van der Waals surface area contributed by atoms with Gasteiger partial charge in [-0.25, -0.2) is 8.78 Å². The Hall–Kier alpha value is -1.69. The SMILES string of the molecule is CC1(C)CCC(F)CN=C(C(C(=O)NC2CNCC(F)C2N2CCN3C(=O)CC[C@@H]3C2)C(N)N)C1. The molecule has 198 valence electrons. The minimum absolute atomic E-state index is 0.00748. The van der Waals surface area contributed by atoms with Crippen LogP contribution in [-0.4, -0.2) is 103 Å². The molecule has 35 heavy (non-hydrogen) atoms. The first-order valence-electron chi connectivity index (χ1n) is 12.9. The van der Waals surface area contributed by atoms with Gasteiger partial charge in [0.05, 0.1) is 24.8 Å². The molecule has 4 heterocycles. The Morgan fingerprint density at radius 2 is 2.00 bits per heavy atom. The van der Waals surface area contributed by atoms with Crippen molar-refractivity contribution in [3.8, 4) is 0 Å². The van der Waals surface area contributed by atoms with Crippen molar-refractivity contribution in [2.45, 2.75) is 82.6 Å². The molecular weight excluding hydrogens is 456 g/mol. The summed E-state index contributed by atoms with van der Waals surface area (Å²) in [7, 11) is 0. The lowest BCUT2D eigenvalue weighted by molar-refractivity contribution is -0.131. The first-order chi connectivity index (χ1) is 16.6. The van der Waals surface area contributed by atoms with E-state index in [1.807, 2.05) is 18.7 Å². The lowest BCUT2D eigenvalue weighted by Crippen LogP contribution is -2.69. The molecule has 0 aromatic rings. The lowest BCUT2D eigenvalue weighted by atomic mass is 9.77. The molecule has 0 bridgehead atoms. The maximum atomic E-state index is 15.3. The van der Waals surface area contributed by atoms with E-state index < -0.39 is 42.4 Å². The quantitative estimate of drug-likeness (QED) is 0.394. The summed E-state index contributed by atoms with van der Waals surface area (Å²) in [5, 5.41) is 6.09. The molecule has 11 heteroatoms. The van der Waals surface area contributed by atoms with E-state index in [4.69, 9.17) is 11.5 Å². The number of rotatable bonds is 5. The van der Waals surface area contributed by atoms with Gasteiger partial charge in [0, 0.05) is 50.9 Å². The molecule has 0 aromatic heterocycles. The molecule has 5 unspecified atom stereocenters. The summed E-state index contributed by atoms with van der Waals surface area (Å²) in [6.07, 6.45) is -0.320. The van der Waals surface area contributed by atoms with E-state index >= 15 is 4.39 Å². The average molecular weight is 498 g/mol. The zero-order valence-corrected chi connectivity index (χ0v) is 20.9. The smallest absolute Gasteiger partial charge is 0.232 e. The largest absolute Gasteiger partial charge is 0.350 e. The Morgan fingerprint density at radius 3 is 2.74 bits per heavy atom. The third-order valence-electron chi connectivity index (χ3n) is 8.07. The third-order valence-corrected chi connectivity index (χ3v) is 8.07. The number of piperazine rings is 1. The number of hydrogen-bond acceptors (Lipinski definition) is 7. The maximum absolute atomic E-state index is 15.3. The van der Waals surface area contributed by atoms with Crippen molar-refractivity contribution in [3.63, 3.8) is 0 Å². The second-order valence-electron chi connectivity index (χ2n) is 11.4. The van der Waals surface area contributed by atoms with Crippen molar-refractivity contribution in [1.29, 1.82) is 0 Å². The van der Waals surface area contributed by atoms with Gasteiger partial charge in [-0.15, -0.1) is 0 Å². The molecule has 4 aliphatic heterocycles. The summed E-state index contributed by atoms with van der Waals surface area (Å²) >= 11 is 0. The molecule has 0 aliphatic carbocycles. The van der Waals surface area contributed by atoms with Crippen LogP contribution < -0.4 is 22.1 Å². The van der Waals surface area contributed by atoms with Gasteiger partial charge in [0.15, 0.2) is 0 Å². The summed E-state index contributed by atoms with van der Waals surface area (Å²) in [4.78, 5) is 34.0. The third kappa shape index (κ3) is 6.00. The summed E-state index contributed by atoms with van der Waals surface area (Å²) in [5.74, 6) is -1.14. The first-order valence-corrected chi connectivity index (χ1v) is 12.9. The van der Waals surface area contributed by atoms with Gasteiger partial charge in [0.25, 0.3) is 0 Å². The van der Waals surface area contributed by atoms with Gasteiger partial charge in [-0.1, -0.05) is 13.8 Å². The topological polar surface area (TPSA) is 129 Å². The molecule has 6 N–H and O–H groups in total. The van der Waals surface area contributed by atoms with E-state index in [0.717, 1.165) is 6.42 Å². The number of piperidine rings is 1. The van der Waals surface area contributed by atoms with Crippen LogP contribution in [0.2, 0.25) is 0 Å². The van der Waals surface area contributed by atoms with Crippen LogP contribution in [0.25, 0.3) is 0 Å². The van der Waals surface area contributed by atoms with Crippen LogP contribution in [0.4, 0.5) is 8.78 Å². The Labute approximate surface area is 206 Å². The molecule has 0 spiro atoms. The number of nitrogens with zero attached hydrogens (tertiary/aromatic N) is 3. The highest BCUT2D eigenvalue weighted by Crippen LogP contribution is 2.33. The molecule has 0 saturated carbocycles. The van der Waals surface area contributed by atoms with Gasteiger partial charge >= 0.3 is 0 Å².